The van der Waals surface area contributed by atoms with Crippen LogP contribution in [0.3, 0.4) is 0 Å². The molecule has 228 valence electrons. The van der Waals surface area contributed by atoms with Crippen molar-refractivity contribution in [2.75, 3.05) is 38.2 Å². The van der Waals surface area contributed by atoms with E-state index in [1.807, 2.05) is 30.4 Å². The molecule has 2 amide bonds. The van der Waals surface area contributed by atoms with E-state index in [-0.39, 0.29) is 29.2 Å². The van der Waals surface area contributed by atoms with Gasteiger partial charge >= 0.3 is 12.1 Å². The van der Waals surface area contributed by atoms with E-state index in [4.69, 9.17) is 14.6 Å². The summed E-state index contributed by atoms with van der Waals surface area (Å²) in [5.41, 5.74) is 2.25. The van der Waals surface area contributed by atoms with Crippen LogP contribution < -0.4 is 4.90 Å². The summed E-state index contributed by atoms with van der Waals surface area (Å²) in [5.74, 6) is -0.175. The van der Waals surface area contributed by atoms with Gasteiger partial charge in [0.05, 0.1) is 25.3 Å². The maximum atomic E-state index is 14.1. The molecular weight excluding hydrogens is 548 g/mol. The fourth-order valence-corrected chi connectivity index (χ4v) is 6.17. The molecule has 0 saturated carbocycles. The quantitative estimate of drug-likeness (QED) is 0.456. The first-order valence-electron chi connectivity index (χ1n) is 14.5. The first-order chi connectivity index (χ1) is 19.9. The number of hydrogen-bond donors (Lipinski definition) is 0. The lowest BCUT2D eigenvalue weighted by Gasteiger charge is -2.34. The standard InChI is InChI=1S/C30H39F2N5O5/c1-18(38)35-14-10-24-23(17-35)27(33-37(24)20-8-12-34(13-9-20)29(40)42-30(2,3)4)36-11-6-7-19-15-22(28(39)41-5)21(26(31)32)16-25(19)36/h15-16,20,26H,6-14,17H2,1-5H3. The summed E-state index contributed by atoms with van der Waals surface area (Å²) < 4.78 is 40.7. The zero-order valence-electron chi connectivity index (χ0n) is 24.9. The van der Waals surface area contributed by atoms with Gasteiger partial charge in [-0.25, -0.2) is 18.4 Å². The molecule has 3 aliphatic heterocycles. The molecule has 0 N–H and O–H groups in total. The minimum atomic E-state index is -2.86. The van der Waals surface area contributed by atoms with Gasteiger partial charge in [-0.3, -0.25) is 9.48 Å². The van der Waals surface area contributed by atoms with Gasteiger partial charge < -0.3 is 24.2 Å². The van der Waals surface area contributed by atoms with E-state index in [9.17, 15) is 23.2 Å². The van der Waals surface area contributed by atoms with Crippen molar-refractivity contribution in [3.63, 3.8) is 0 Å². The second-order valence-corrected chi connectivity index (χ2v) is 12.2. The predicted molar refractivity (Wildman–Crippen MR) is 151 cm³/mol. The zero-order valence-corrected chi connectivity index (χ0v) is 24.9. The lowest BCUT2D eigenvalue weighted by Crippen LogP contribution is -2.42. The highest BCUT2D eigenvalue weighted by atomic mass is 19.3. The molecule has 0 bridgehead atoms. The van der Waals surface area contributed by atoms with E-state index >= 15 is 0 Å². The highest BCUT2D eigenvalue weighted by Gasteiger charge is 2.36. The Morgan fingerprint density at radius 2 is 1.74 bits per heavy atom. The van der Waals surface area contributed by atoms with Crippen molar-refractivity contribution in [2.24, 2.45) is 0 Å². The molecule has 3 aliphatic rings. The normalized spacial score (nSPS) is 17.7. The number of halogens is 2. The Hall–Kier alpha value is -3.70. The molecule has 1 fully saturated rings. The maximum absolute atomic E-state index is 14.1. The number of anilines is 2. The summed E-state index contributed by atoms with van der Waals surface area (Å²) >= 11 is 0. The number of aryl methyl sites for hydroxylation is 1. The summed E-state index contributed by atoms with van der Waals surface area (Å²) in [4.78, 5) is 42.8. The monoisotopic (exact) mass is 587 g/mol. The average Bonchev–Trinajstić information content (AvgIpc) is 3.33. The van der Waals surface area contributed by atoms with Crippen LogP contribution >= 0.6 is 0 Å². The number of nitrogens with zero attached hydrogens (tertiary/aromatic N) is 5. The second-order valence-electron chi connectivity index (χ2n) is 12.2. The largest absolute Gasteiger partial charge is 0.465 e. The smallest absolute Gasteiger partial charge is 0.410 e. The number of ether oxygens (including phenoxy) is 2. The number of esters is 1. The molecule has 42 heavy (non-hydrogen) atoms. The van der Waals surface area contributed by atoms with Gasteiger partial charge in [0.1, 0.15) is 5.60 Å². The van der Waals surface area contributed by atoms with Crippen molar-refractivity contribution in [3.05, 3.63) is 40.1 Å². The van der Waals surface area contributed by atoms with E-state index in [1.54, 1.807) is 16.7 Å². The SMILES string of the molecule is COC(=O)c1cc2c(cc1C(F)F)N(c1nn(C3CCN(C(=O)OC(C)(C)C)CC3)c3c1CN(C(C)=O)CC3)CCC2. The summed E-state index contributed by atoms with van der Waals surface area (Å²) in [6, 6.07) is 2.95. The molecule has 10 nitrogen and oxygen atoms in total. The molecule has 0 unspecified atom stereocenters. The number of rotatable bonds is 4. The number of piperidine rings is 1. The van der Waals surface area contributed by atoms with Gasteiger partial charge in [0.2, 0.25) is 5.91 Å². The van der Waals surface area contributed by atoms with Crippen LogP contribution in [-0.4, -0.2) is 76.4 Å². The Morgan fingerprint density at radius 1 is 1.02 bits per heavy atom. The number of benzene rings is 1. The van der Waals surface area contributed by atoms with E-state index in [2.05, 4.69) is 0 Å². The van der Waals surface area contributed by atoms with Crippen LogP contribution in [0.25, 0.3) is 0 Å². The molecule has 5 rings (SSSR count). The second kappa shape index (κ2) is 11.5. The van der Waals surface area contributed by atoms with Gasteiger partial charge in [-0.05, 0) is 64.2 Å². The average molecular weight is 588 g/mol. The molecule has 0 spiro atoms. The summed E-state index contributed by atoms with van der Waals surface area (Å²) in [6.07, 6.45) is 0.197. The molecule has 0 radical (unpaired) electrons. The van der Waals surface area contributed by atoms with Crippen LogP contribution in [-0.2, 0) is 33.7 Å². The number of carbonyl (C=O) groups excluding carboxylic acids is 3. The van der Waals surface area contributed by atoms with E-state index in [0.29, 0.717) is 69.9 Å². The minimum absolute atomic E-state index is 0.0354. The number of carbonyl (C=O) groups is 3. The summed E-state index contributed by atoms with van der Waals surface area (Å²) in [5, 5.41) is 5.10. The van der Waals surface area contributed by atoms with E-state index in [1.165, 1.54) is 19.2 Å². The maximum Gasteiger partial charge on any atom is 0.410 e. The number of alkyl halides is 2. The van der Waals surface area contributed by atoms with Crippen LogP contribution in [0, 0.1) is 0 Å². The third-order valence-electron chi connectivity index (χ3n) is 8.24. The predicted octanol–water partition coefficient (Wildman–Crippen LogP) is 5.17. The first kappa shape index (κ1) is 29.8. The number of likely N-dealkylation sites (tertiary alicyclic amines) is 1. The van der Waals surface area contributed by atoms with Gasteiger partial charge in [0.25, 0.3) is 6.43 Å². The fraction of sp³-hybridized carbons (Fsp3) is 0.600. The van der Waals surface area contributed by atoms with Gasteiger partial charge in [0, 0.05) is 62.0 Å². The van der Waals surface area contributed by atoms with Crippen molar-refractivity contribution in [1.29, 1.82) is 0 Å². The summed E-state index contributed by atoms with van der Waals surface area (Å²) in [7, 11) is 1.18. The molecule has 12 heteroatoms. The van der Waals surface area contributed by atoms with Crippen molar-refractivity contribution in [3.8, 4) is 0 Å². The Kier molecular flexibility index (Phi) is 8.17. The molecule has 0 atom stereocenters. The van der Waals surface area contributed by atoms with Crippen molar-refractivity contribution in [2.45, 2.75) is 84.4 Å². The number of aromatic nitrogens is 2. The van der Waals surface area contributed by atoms with Crippen LogP contribution in [0.15, 0.2) is 12.1 Å². The lowest BCUT2D eigenvalue weighted by atomic mass is 9.94. The van der Waals surface area contributed by atoms with Crippen LogP contribution in [0.2, 0.25) is 0 Å². The highest BCUT2D eigenvalue weighted by Crippen LogP contribution is 2.42. The third-order valence-corrected chi connectivity index (χ3v) is 8.24. The number of amides is 2. The summed E-state index contributed by atoms with van der Waals surface area (Å²) in [6.45, 7) is 9.65. The van der Waals surface area contributed by atoms with Crippen molar-refractivity contribution >= 4 is 29.5 Å². The Morgan fingerprint density at radius 3 is 2.36 bits per heavy atom. The van der Waals surface area contributed by atoms with Crippen LogP contribution in [0.4, 0.5) is 25.1 Å². The first-order valence-corrected chi connectivity index (χ1v) is 14.5. The van der Waals surface area contributed by atoms with Gasteiger partial charge in [-0.1, -0.05) is 0 Å². The third kappa shape index (κ3) is 5.80. The van der Waals surface area contributed by atoms with Gasteiger partial charge in [-0.15, -0.1) is 0 Å². The highest BCUT2D eigenvalue weighted by molar-refractivity contribution is 5.92. The number of fused-ring (bicyclic) bond motifs is 2. The Labute approximate surface area is 244 Å². The fourth-order valence-electron chi connectivity index (χ4n) is 6.17. The molecule has 1 aromatic carbocycles. The molecule has 2 aromatic rings. The van der Waals surface area contributed by atoms with Gasteiger partial charge in [-0.2, -0.15) is 5.10 Å². The topological polar surface area (TPSA) is 97.2 Å². The number of hydrogen-bond acceptors (Lipinski definition) is 7. The molecule has 0 aliphatic carbocycles. The molecule has 1 saturated heterocycles. The van der Waals surface area contributed by atoms with E-state index < -0.39 is 18.0 Å². The minimum Gasteiger partial charge on any atom is -0.465 e. The Bertz CT molecular complexity index is 1380. The van der Waals surface area contributed by atoms with Crippen molar-refractivity contribution in [1.82, 2.24) is 19.6 Å². The molecule has 4 heterocycles. The van der Waals surface area contributed by atoms with Crippen molar-refractivity contribution < 1.29 is 32.6 Å². The molecular formula is C30H39F2N5O5. The molecule has 1 aromatic heterocycles. The Balaban J connectivity index is 1.51. The van der Waals surface area contributed by atoms with Crippen LogP contribution in [0.5, 0.6) is 0 Å². The van der Waals surface area contributed by atoms with Gasteiger partial charge in [0.15, 0.2) is 5.82 Å². The lowest BCUT2D eigenvalue weighted by molar-refractivity contribution is -0.129. The number of methoxy groups -OCH3 is 1. The van der Waals surface area contributed by atoms with E-state index in [0.717, 1.165) is 23.2 Å². The van der Waals surface area contributed by atoms with Crippen LogP contribution in [0.1, 0.15) is 92.2 Å². The zero-order chi connectivity index (χ0) is 30.3.